The average Bonchev–Trinajstić information content (AvgIpc) is 3.33. The van der Waals surface area contributed by atoms with Gasteiger partial charge in [-0.05, 0) is 70.7 Å². The minimum Gasteiger partial charge on any atom is -0.477 e. The molecule has 5 aromatic rings. The molecule has 45 heavy (non-hydrogen) atoms. The topological polar surface area (TPSA) is 81.6 Å². The van der Waals surface area contributed by atoms with E-state index < -0.39 is 11.5 Å². The van der Waals surface area contributed by atoms with Crippen molar-refractivity contribution >= 4 is 16.9 Å². The van der Waals surface area contributed by atoms with Crippen LogP contribution in [-0.4, -0.2) is 50.1 Å². The molecule has 0 spiro atoms. The lowest BCUT2D eigenvalue weighted by molar-refractivity contribution is 0.0695. The Bertz CT molecular complexity index is 1840. The monoisotopic (exact) mass is 600 g/mol. The van der Waals surface area contributed by atoms with Crippen LogP contribution in [0, 0.1) is 17.8 Å². The summed E-state index contributed by atoms with van der Waals surface area (Å²) in [7, 11) is 2.13. The summed E-state index contributed by atoms with van der Waals surface area (Å²) in [5.41, 5.74) is 6.78. The first-order valence-electron chi connectivity index (χ1n) is 16.0. The number of hydrogen-bond acceptors (Lipinski definition) is 4. The Balaban J connectivity index is 1.03. The van der Waals surface area contributed by atoms with E-state index >= 15 is 0 Å². The van der Waals surface area contributed by atoms with E-state index in [0.717, 1.165) is 79.1 Å². The largest absolute Gasteiger partial charge is 0.477 e. The highest BCUT2D eigenvalue weighted by Gasteiger charge is 2.55. The van der Waals surface area contributed by atoms with Gasteiger partial charge in [-0.1, -0.05) is 73.7 Å². The molecule has 2 fully saturated rings. The van der Waals surface area contributed by atoms with E-state index in [0.29, 0.717) is 12.1 Å². The van der Waals surface area contributed by atoms with Crippen LogP contribution in [0.1, 0.15) is 39.7 Å². The lowest BCUT2D eigenvalue weighted by Crippen LogP contribution is -2.30. The number of benzene rings is 3. The van der Waals surface area contributed by atoms with Crippen LogP contribution in [0.3, 0.4) is 0 Å². The molecule has 2 aromatic heterocycles. The molecule has 230 valence electrons. The Morgan fingerprint density at radius 2 is 1.56 bits per heavy atom. The molecule has 0 bridgehead atoms. The average molecular weight is 601 g/mol. The number of aryl methyl sites for hydroxylation is 2. The van der Waals surface area contributed by atoms with E-state index in [4.69, 9.17) is 0 Å². The second kappa shape index (κ2) is 12.1. The summed E-state index contributed by atoms with van der Waals surface area (Å²) in [5.74, 6) is 1.08. The Hall–Kier alpha value is -4.46. The zero-order valence-electron chi connectivity index (χ0n) is 25.9. The van der Waals surface area contributed by atoms with Gasteiger partial charge < -0.3 is 14.7 Å². The molecule has 1 aliphatic carbocycles. The number of nitrogens with one attached hydrogen (secondary N) is 1. The van der Waals surface area contributed by atoms with Crippen molar-refractivity contribution in [2.75, 3.05) is 19.6 Å². The van der Waals surface area contributed by atoms with E-state index in [1.54, 1.807) is 0 Å². The standard InChI is InChI=1S/C38H40N4O3/c1-3-27-18-31(38(44)45)37(43)39-36(27)28-14-15-35-29(16-28)17-30(40(35)2)21-42-23-33-32(34(33)24-42)22-41(19-25-10-6-4-7-11-25)20-26-12-8-5-9-13-26/h4-18,32-34H,3,19-24H2,1-2H3,(H,39,43)(H,44,45). The summed E-state index contributed by atoms with van der Waals surface area (Å²) in [6.07, 6.45) is 0.624. The number of hydrogen-bond donors (Lipinski definition) is 2. The van der Waals surface area contributed by atoms with Crippen LogP contribution >= 0.6 is 0 Å². The van der Waals surface area contributed by atoms with E-state index in [1.165, 1.54) is 22.9 Å². The molecular weight excluding hydrogens is 560 g/mol. The van der Waals surface area contributed by atoms with Gasteiger partial charge in [0.25, 0.3) is 5.56 Å². The van der Waals surface area contributed by atoms with Crippen molar-refractivity contribution in [2.24, 2.45) is 24.8 Å². The molecule has 3 heterocycles. The van der Waals surface area contributed by atoms with Crippen LogP contribution in [0.2, 0.25) is 0 Å². The molecule has 2 unspecified atom stereocenters. The molecule has 7 heteroatoms. The van der Waals surface area contributed by atoms with Crippen molar-refractivity contribution in [3.05, 3.63) is 129 Å². The maximum atomic E-state index is 12.5. The zero-order valence-corrected chi connectivity index (χ0v) is 25.9. The number of likely N-dealkylation sites (tertiary alicyclic amines) is 1. The number of aromatic carboxylic acids is 1. The van der Waals surface area contributed by atoms with Crippen LogP contribution in [-0.2, 0) is 33.1 Å². The number of fused-ring (bicyclic) bond motifs is 2. The SMILES string of the molecule is CCc1cc(C(=O)O)c(=O)[nH]c1-c1ccc2c(c1)cc(CN1CC3C(CN(Cc4ccccc4)Cc4ccccc4)C3C1)n2C. The number of rotatable bonds is 11. The van der Waals surface area contributed by atoms with Gasteiger partial charge in [0.2, 0.25) is 0 Å². The third-order valence-corrected chi connectivity index (χ3v) is 9.96. The molecule has 7 nitrogen and oxygen atoms in total. The van der Waals surface area contributed by atoms with Gasteiger partial charge in [0.1, 0.15) is 5.56 Å². The van der Waals surface area contributed by atoms with Crippen LogP contribution in [0.5, 0.6) is 0 Å². The second-order valence-corrected chi connectivity index (χ2v) is 12.9. The predicted molar refractivity (Wildman–Crippen MR) is 178 cm³/mol. The first kappa shape index (κ1) is 29.3. The lowest BCUT2D eigenvalue weighted by atomic mass is 10.0. The van der Waals surface area contributed by atoms with Gasteiger partial charge in [0, 0.05) is 62.9 Å². The van der Waals surface area contributed by atoms with E-state index in [2.05, 4.69) is 105 Å². The molecule has 1 saturated carbocycles. The molecule has 7 rings (SSSR count). The number of carboxylic acids is 1. The van der Waals surface area contributed by atoms with Crippen LogP contribution in [0.15, 0.2) is 95.8 Å². The van der Waals surface area contributed by atoms with E-state index in [-0.39, 0.29) is 5.56 Å². The fraction of sp³-hybridized carbons (Fsp3) is 0.316. The molecule has 1 saturated heterocycles. The maximum absolute atomic E-state index is 12.5. The molecular formula is C38H40N4O3. The number of aromatic nitrogens is 2. The lowest BCUT2D eigenvalue weighted by Gasteiger charge is -2.25. The van der Waals surface area contributed by atoms with Crippen molar-refractivity contribution < 1.29 is 9.90 Å². The number of H-pyrrole nitrogens is 1. The van der Waals surface area contributed by atoms with Gasteiger partial charge in [0.05, 0.1) is 5.69 Å². The molecule has 3 aromatic carbocycles. The fourth-order valence-corrected chi connectivity index (χ4v) is 7.51. The normalized spacial score (nSPS) is 19.3. The van der Waals surface area contributed by atoms with Crippen molar-refractivity contribution in [2.45, 2.75) is 33.0 Å². The molecule has 2 atom stereocenters. The van der Waals surface area contributed by atoms with Gasteiger partial charge in [0.15, 0.2) is 0 Å². The summed E-state index contributed by atoms with van der Waals surface area (Å²) in [5, 5.41) is 10.5. The molecule has 0 amide bonds. The van der Waals surface area contributed by atoms with Crippen LogP contribution < -0.4 is 5.56 Å². The summed E-state index contributed by atoms with van der Waals surface area (Å²) in [6, 6.07) is 31.6. The van der Waals surface area contributed by atoms with Crippen molar-refractivity contribution in [3.63, 3.8) is 0 Å². The smallest absolute Gasteiger partial charge is 0.341 e. The second-order valence-electron chi connectivity index (χ2n) is 12.9. The van der Waals surface area contributed by atoms with E-state index in [9.17, 15) is 14.7 Å². The van der Waals surface area contributed by atoms with Gasteiger partial charge in [-0.15, -0.1) is 0 Å². The van der Waals surface area contributed by atoms with Crippen molar-refractivity contribution in [1.29, 1.82) is 0 Å². The summed E-state index contributed by atoms with van der Waals surface area (Å²) >= 11 is 0. The van der Waals surface area contributed by atoms with E-state index in [1.807, 2.05) is 13.0 Å². The minimum absolute atomic E-state index is 0.218. The highest BCUT2D eigenvalue weighted by molar-refractivity contribution is 5.89. The first-order valence-corrected chi connectivity index (χ1v) is 16.0. The molecule has 2 aliphatic rings. The number of carboxylic acid groups (broad SMARTS) is 1. The number of pyridine rings is 1. The number of aromatic amines is 1. The number of piperidine rings is 1. The first-order chi connectivity index (χ1) is 21.9. The van der Waals surface area contributed by atoms with Gasteiger partial charge in [-0.2, -0.15) is 0 Å². The molecule has 0 radical (unpaired) electrons. The van der Waals surface area contributed by atoms with Gasteiger partial charge in [-0.3, -0.25) is 14.6 Å². The zero-order chi connectivity index (χ0) is 31.1. The molecule has 1 aliphatic heterocycles. The Morgan fingerprint density at radius 3 is 2.16 bits per heavy atom. The summed E-state index contributed by atoms with van der Waals surface area (Å²) < 4.78 is 2.28. The van der Waals surface area contributed by atoms with Crippen molar-refractivity contribution in [1.82, 2.24) is 19.4 Å². The Morgan fingerprint density at radius 1 is 0.911 bits per heavy atom. The Labute approximate surface area is 263 Å². The third kappa shape index (κ3) is 5.98. The predicted octanol–water partition coefficient (Wildman–Crippen LogP) is 6.17. The number of nitrogens with zero attached hydrogens (tertiary/aromatic N) is 3. The highest BCUT2D eigenvalue weighted by atomic mass is 16.4. The minimum atomic E-state index is -1.21. The quantitative estimate of drug-likeness (QED) is 0.189. The molecule has 2 N–H and O–H groups in total. The summed E-state index contributed by atoms with van der Waals surface area (Å²) in [6.45, 7) is 8.27. The Kier molecular flexibility index (Phi) is 7.90. The van der Waals surface area contributed by atoms with Crippen molar-refractivity contribution in [3.8, 4) is 11.3 Å². The summed E-state index contributed by atoms with van der Waals surface area (Å²) in [4.78, 5) is 32.0. The maximum Gasteiger partial charge on any atom is 0.341 e. The van der Waals surface area contributed by atoms with Crippen LogP contribution in [0.25, 0.3) is 22.2 Å². The van der Waals surface area contributed by atoms with Gasteiger partial charge >= 0.3 is 5.97 Å². The van der Waals surface area contributed by atoms with Gasteiger partial charge in [-0.25, -0.2) is 4.79 Å². The van der Waals surface area contributed by atoms with Crippen LogP contribution in [0.4, 0.5) is 0 Å². The third-order valence-electron chi connectivity index (χ3n) is 9.96. The highest BCUT2D eigenvalue weighted by Crippen LogP contribution is 2.52. The fourth-order valence-electron chi connectivity index (χ4n) is 7.51. The number of carbonyl (C=O) groups is 1.